The highest BCUT2D eigenvalue weighted by Crippen LogP contribution is 2.19. The number of piperazine rings is 1. The van der Waals surface area contributed by atoms with Crippen LogP contribution in [0, 0.1) is 6.92 Å². The van der Waals surface area contributed by atoms with Gasteiger partial charge >= 0.3 is 0 Å². The molecule has 2 heterocycles. The van der Waals surface area contributed by atoms with Gasteiger partial charge in [-0.2, -0.15) is 0 Å². The predicted molar refractivity (Wildman–Crippen MR) is 59.6 cm³/mol. The van der Waals surface area contributed by atoms with Crippen LogP contribution in [0.1, 0.15) is 24.4 Å². The van der Waals surface area contributed by atoms with Crippen LogP contribution in [-0.4, -0.2) is 41.0 Å². The molecule has 0 amide bonds. The fourth-order valence-corrected chi connectivity index (χ4v) is 2.07. The number of hydrogen-bond acceptors (Lipinski definition) is 4. The van der Waals surface area contributed by atoms with Crippen molar-refractivity contribution in [3.63, 3.8) is 0 Å². The van der Waals surface area contributed by atoms with Gasteiger partial charge in [-0.1, -0.05) is 0 Å². The Bertz CT molecular complexity index is 320. The molecular weight excluding hydrogens is 188 g/mol. The van der Waals surface area contributed by atoms with E-state index in [1.54, 1.807) is 12.4 Å². The Morgan fingerprint density at radius 1 is 1.27 bits per heavy atom. The highest BCUT2D eigenvalue weighted by atomic mass is 15.2. The van der Waals surface area contributed by atoms with Crippen LogP contribution in [0.2, 0.25) is 0 Å². The first-order valence-corrected chi connectivity index (χ1v) is 5.51. The maximum absolute atomic E-state index is 4.43. The fourth-order valence-electron chi connectivity index (χ4n) is 2.07. The van der Waals surface area contributed by atoms with Gasteiger partial charge in [-0.3, -0.25) is 14.9 Å². The molecule has 0 aliphatic carbocycles. The molecule has 82 valence electrons. The minimum atomic E-state index is 0.376. The lowest BCUT2D eigenvalue weighted by Gasteiger charge is -2.32. The average molecular weight is 206 g/mol. The molecule has 0 radical (unpaired) electrons. The summed E-state index contributed by atoms with van der Waals surface area (Å²) in [7, 11) is 0. The van der Waals surface area contributed by atoms with Crippen molar-refractivity contribution < 1.29 is 0 Å². The molecule has 15 heavy (non-hydrogen) atoms. The Morgan fingerprint density at radius 3 is 2.60 bits per heavy atom. The minimum Gasteiger partial charge on any atom is -0.314 e. The summed E-state index contributed by atoms with van der Waals surface area (Å²) < 4.78 is 0. The second-order valence-corrected chi connectivity index (χ2v) is 3.99. The second-order valence-electron chi connectivity index (χ2n) is 3.99. The third-order valence-corrected chi connectivity index (χ3v) is 3.01. The summed E-state index contributed by atoms with van der Waals surface area (Å²) in [6.45, 7) is 8.57. The van der Waals surface area contributed by atoms with E-state index < -0.39 is 0 Å². The summed E-state index contributed by atoms with van der Waals surface area (Å²) in [5.74, 6) is 0. The highest BCUT2D eigenvalue weighted by molar-refractivity contribution is 5.12. The lowest BCUT2D eigenvalue weighted by molar-refractivity contribution is 0.181. The van der Waals surface area contributed by atoms with E-state index in [1.165, 1.54) is 0 Å². The van der Waals surface area contributed by atoms with E-state index in [0.29, 0.717) is 6.04 Å². The van der Waals surface area contributed by atoms with Gasteiger partial charge in [0, 0.05) is 38.6 Å². The minimum absolute atomic E-state index is 0.376. The number of hydrogen-bond donors (Lipinski definition) is 1. The van der Waals surface area contributed by atoms with E-state index >= 15 is 0 Å². The molecule has 1 aliphatic rings. The number of aromatic nitrogens is 2. The quantitative estimate of drug-likeness (QED) is 0.775. The third kappa shape index (κ3) is 2.33. The SMILES string of the molecule is Cc1nccnc1C(C)N1CCNCC1. The second kappa shape index (κ2) is 4.68. The van der Waals surface area contributed by atoms with Crippen molar-refractivity contribution in [1.29, 1.82) is 0 Å². The topological polar surface area (TPSA) is 41.1 Å². The summed E-state index contributed by atoms with van der Waals surface area (Å²) in [6.07, 6.45) is 3.53. The Balaban J connectivity index is 2.12. The van der Waals surface area contributed by atoms with Crippen LogP contribution < -0.4 is 5.32 Å². The molecule has 1 aromatic rings. The largest absolute Gasteiger partial charge is 0.314 e. The number of nitrogens with one attached hydrogen (secondary N) is 1. The smallest absolute Gasteiger partial charge is 0.0784 e. The Labute approximate surface area is 90.7 Å². The molecule has 4 heteroatoms. The van der Waals surface area contributed by atoms with Gasteiger partial charge in [0.2, 0.25) is 0 Å². The zero-order chi connectivity index (χ0) is 10.7. The maximum Gasteiger partial charge on any atom is 0.0784 e. The zero-order valence-electron chi connectivity index (χ0n) is 9.40. The number of aryl methyl sites for hydroxylation is 1. The first-order chi connectivity index (χ1) is 7.29. The van der Waals surface area contributed by atoms with Gasteiger partial charge < -0.3 is 5.32 Å². The molecule has 2 rings (SSSR count). The van der Waals surface area contributed by atoms with E-state index in [0.717, 1.165) is 37.6 Å². The molecule has 1 atom stereocenters. The Kier molecular flexibility index (Phi) is 3.28. The van der Waals surface area contributed by atoms with Crippen LogP contribution in [0.4, 0.5) is 0 Å². The summed E-state index contributed by atoms with van der Waals surface area (Å²) in [4.78, 5) is 11.2. The van der Waals surface area contributed by atoms with Crippen molar-refractivity contribution in [1.82, 2.24) is 20.2 Å². The van der Waals surface area contributed by atoms with Crippen molar-refractivity contribution in [2.45, 2.75) is 19.9 Å². The van der Waals surface area contributed by atoms with Gasteiger partial charge in [-0.25, -0.2) is 0 Å². The highest BCUT2D eigenvalue weighted by Gasteiger charge is 2.20. The van der Waals surface area contributed by atoms with Gasteiger partial charge in [-0.05, 0) is 13.8 Å². The van der Waals surface area contributed by atoms with Crippen LogP contribution in [-0.2, 0) is 0 Å². The lowest BCUT2D eigenvalue weighted by Crippen LogP contribution is -2.44. The van der Waals surface area contributed by atoms with Crippen molar-refractivity contribution in [2.24, 2.45) is 0 Å². The monoisotopic (exact) mass is 206 g/mol. The van der Waals surface area contributed by atoms with Crippen LogP contribution in [0.3, 0.4) is 0 Å². The molecular formula is C11H18N4. The summed E-state index contributed by atoms with van der Waals surface area (Å²) in [5.41, 5.74) is 2.16. The standard InChI is InChI=1S/C11H18N4/c1-9-11(14-4-3-13-9)10(2)15-7-5-12-6-8-15/h3-4,10,12H,5-8H2,1-2H3. The normalized spacial score (nSPS) is 20.1. The number of rotatable bonds is 2. The molecule has 0 aromatic carbocycles. The zero-order valence-corrected chi connectivity index (χ0v) is 9.40. The molecule has 1 aromatic heterocycles. The first kappa shape index (κ1) is 10.5. The molecule has 4 nitrogen and oxygen atoms in total. The Morgan fingerprint density at radius 2 is 1.93 bits per heavy atom. The molecule has 1 unspecified atom stereocenters. The molecule has 0 bridgehead atoms. The van der Waals surface area contributed by atoms with E-state index in [1.807, 2.05) is 6.92 Å². The van der Waals surface area contributed by atoms with Crippen molar-refractivity contribution in [3.05, 3.63) is 23.8 Å². The molecule has 0 saturated carbocycles. The van der Waals surface area contributed by atoms with Gasteiger partial charge in [0.1, 0.15) is 0 Å². The average Bonchev–Trinajstić information content (AvgIpc) is 2.30. The van der Waals surface area contributed by atoms with E-state index in [-0.39, 0.29) is 0 Å². The van der Waals surface area contributed by atoms with E-state index in [2.05, 4.69) is 27.1 Å². The van der Waals surface area contributed by atoms with Crippen LogP contribution in [0.5, 0.6) is 0 Å². The molecule has 0 spiro atoms. The predicted octanol–water partition coefficient (Wildman–Crippen LogP) is 0.751. The molecule has 1 fully saturated rings. The van der Waals surface area contributed by atoms with Crippen LogP contribution in [0.25, 0.3) is 0 Å². The van der Waals surface area contributed by atoms with Crippen molar-refractivity contribution in [3.8, 4) is 0 Å². The number of nitrogens with zero attached hydrogens (tertiary/aromatic N) is 3. The summed E-state index contributed by atoms with van der Waals surface area (Å²) >= 11 is 0. The maximum atomic E-state index is 4.43. The lowest BCUT2D eigenvalue weighted by atomic mass is 10.1. The van der Waals surface area contributed by atoms with Crippen molar-refractivity contribution >= 4 is 0 Å². The molecule has 1 saturated heterocycles. The van der Waals surface area contributed by atoms with E-state index in [4.69, 9.17) is 0 Å². The van der Waals surface area contributed by atoms with Gasteiger partial charge in [0.25, 0.3) is 0 Å². The van der Waals surface area contributed by atoms with Gasteiger partial charge in [-0.15, -0.1) is 0 Å². The van der Waals surface area contributed by atoms with Gasteiger partial charge in [0.15, 0.2) is 0 Å². The van der Waals surface area contributed by atoms with E-state index in [9.17, 15) is 0 Å². The van der Waals surface area contributed by atoms with Crippen LogP contribution >= 0.6 is 0 Å². The molecule has 1 aliphatic heterocycles. The summed E-state index contributed by atoms with van der Waals surface area (Å²) in [6, 6.07) is 0.376. The summed E-state index contributed by atoms with van der Waals surface area (Å²) in [5, 5.41) is 3.36. The van der Waals surface area contributed by atoms with Crippen molar-refractivity contribution in [2.75, 3.05) is 26.2 Å². The van der Waals surface area contributed by atoms with Crippen LogP contribution in [0.15, 0.2) is 12.4 Å². The third-order valence-electron chi connectivity index (χ3n) is 3.01. The molecule has 1 N–H and O–H groups in total. The Hall–Kier alpha value is -1.00. The first-order valence-electron chi connectivity index (χ1n) is 5.51. The fraction of sp³-hybridized carbons (Fsp3) is 0.636. The van der Waals surface area contributed by atoms with Gasteiger partial charge in [0.05, 0.1) is 17.4 Å².